The maximum Gasteiger partial charge on any atom is 0.227 e. The number of fused-ring (bicyclic) bond motifs is 1. The molecule has 0 bridgehead atoms. The first-order chi connectivity index (χ1) is 14.4. The first kappa shape index (κ1) is 20.8. The number of nitrogens with zero attached hydrogens (tertiary/aromatic N) is 3. The zero-order chi connectivity index (χ0) is 21.3. The van der Waals surface area contributed by atoms with E-state index in [0.29, 0.717) is 5.92 Å². The molecule has 6 nitrogen and oxygen atoms in total. The van der Waals surface area contributed by atoms with E-state index in [4.69, 9.17) is 4.98 Å². The highest BCUT2D eigenvalue weighted by Crippen LogP contribution is 2.35. The van der Waals surface area contributed by atoms with Gasteiger partial charge in [0.1, 0.15) is 0 Å². The number of nitrogens with one attached hydrogen (secondary N) is 1. The van der Waals surface area contributed by atoms with Crippen LogP contribution < -0.4 is 10.2 Å². The Morgan fingerprint density at radius 3 is 2.47 bits per heavy atom. The number of thiazole rings is 1. The molecular formula is C23H30N4O2S. The molecule has 1 unspecified atom stereocenters. The summed E-state index contributed by atoms with van der Waals surface area (Å²) in [6.45, 7) is 9.10. The lowest BCUT2D eigenvalue weighted by Gasteiger charge is -2.33. The number of benzene rings is 1. The summed E-state index contributed by atoms with van der Waals surface area (Å²) >= 11 is 1.72. The maximum atomic E-state index is 12.8. The van der Waals surface area contributed by atoms with Crippen molar-refractivity contribution in [3.8, 4) is 0 Å². The van der Waals surface area contributed by atoms with Crippen molar-refractivity contribution in [1.82, 2.24) is 9.88 Å². The molecule has 1 aliphatic carbocycles. The molecule has 30 heavy (non-hydrogen) atoms. The molecule has 2 heterocycles. The second kappa shape index (κ2) is 8.76. The van der Waals surface area contributed by atoms with Crippen molar-refractivity contribution in [2.75, 3.05) is 36.4 Å². The van der Waals surface area contributed by atoms with Crippen LogP contribution in [0.1, 0.15) is 49.2 Å². The zero-order valence-corrected chi connectivity index (χ0v) is 18.8. The highest BCUT2D eigenvalue weighted by atomic mass is 32.1. The molecule has 1 saturated heterocycles. The van der Waals surface area contributed by atoms with Gasteiger partial charge in [-0.2, -0.15) is 0 Å². The van der Waals surface area contributed by atoms with Gasteiger partial charge in [-0.05, 0) is 42.9 Å². The summed E-state index contributed by atoms with van der Waals surface area (Å²) in [5, 5.41) is 4.13. The van der Waals surface area contributed by atoms with E-state index in [9.17, 15) is 9.59 Å². The second-order valence-electron chi connectivity index (χ2n) is 8.57. The first-order valence-electron chi connectivity index (χ1n) is 10.8. The number of amides is 2. The van der Waals surface area contributed by atoms with E-state index in [1.807, 2.05) is 17.0 Å². The molecule has 1 N–H and O–H groups in total. The van der Waals surface area contributed by atoms with Gasteiger partial charge in [0.25, 0.3) is 0 Å². The molecular weight excluding hydrogens is 396 g/mol. The summed E-state index contributed by atoms with van der Waals surface area (Å²) in [5.41, 5.74) is 3.29. The van der Waals surface area contributed by atoms with Gasteiger partial charge in [0.2, 0.25) is 11.8 Å². The number of rotatable bonds is 4. The van der Waals surface area contributed by atoms with Gasteiger partial charge in [0.05, 0.1) is 5.69 Å². The monoisotopic (exact) mass is 426 g/mol. The van der Waals surface area contributed by atoms with Crippen molar-refractivity contribution in [2.24, 2.45) is 5.92 Å². The fourth-order valence-electron chi connectivity index (χ4n) is 4.13. The Bertz CT molecular complexity index is 914. The van der Waals surface area contributed by atoms with E-state index in [2.05, 4.69) is 36.2 Å². The average molecular weight is 427 g/mol. The van der Waals surface area contributed by atoms with Crippen LogP contribution in [-0.4, -0.2) is 47.9 Å². The molecule has 1 aliphatic heterocycles. The van der Waals surface area contributed by atoms with Crippen molar-refractivity contribution in [2.45, 2.75) is 46.0 Å². The second-order valence-corrected chi connectivity index (χ2v) is 9.63. The fourth-order valence-corrected chi connectivity index (χ4v) is 5.37. The highest BCUT2D eigenvalue weighted by molar-refractivity contribution is 7.15. The lowest BCUT2D eigenvalue weighted by atomic mass is 9.90. The van der Waals surface area contributed by atoms with Gasteiger partial charge in [0, 0.05) is 49.6 Å². The van der Waals surface area contributed by atoms with Crippen LogP contribution >= 0.6 is 11.3 Å². The molecule has 4 rings (SSSR count). The summed E-state index contributed by atoms with van der Waals surface area (Å²) in [7, 11) is 0. The van der Waals surface area contributed by atoms with Gasteiger partial charge in [-0.3, -0.25) is 9.59 Å². The van der Waals surface area contributed by atoms with Gasteiger partial charge < -0.3 is 15.1 Å². The topological polar surface area (TPSA) is 65.5 Å². The normalized spacial score (nSPS) is 19.0. The van der Waals surface area contributed by atoms with Crippen LogP contribution in [0.2, 0.25) is 0 Å². The van der Waals surface area contributed by atoms with Crippen LogP contribution in [0.15, 0.2) is 24.3 Å². The first-order valence-corrected chi connectivity index (χ1v) is 11.6. The average Bonchev–Trinajstić information content (AvgIpc) is 3.17. The van der Waals surface area contributed by atoms with E-state index in [1.54, 1.807) is 18.3 Å². The van der Waals surface area contributed by atoms with Crippen LogP contribution in [-0.2, 0) is 22.4 Å². The smallest absolute Gasteiger partial charge is 0.227 e. The third-order valence-electron chi connectivity index (χ3n) is 6.14. The molecule has 0 spiro atoms. The Labute approximate surface area is 182 Å². The van der Waals surface area contributed by atoms with Crippen molar-refractivity contribution < 1.29 is 9.59 Å². The Morgan fingerprint density at radius 1 is 1.13 bits per heavy atom. The Balaban J connectivity index is 1.36. The molecule has 0 saturated carbocycles. The fraction of sp³-hybridized carbons (Fsp3) is 0.522. The molecule has 1 atom stereocenters. The molecule has 1 aromatic carbocycles. The minimum absolute atomic E-state index is 0.00913. The van der Waals surface area contributed by atoms with Gasteiger partial charge in [0.15, 0.2) is 5.13 Å². The molecule has 1 fully saturated rings. The molecule has 7 heteroatoms. The summed E-state index contributed by atoms with van der Waals surface area (Å²) in [6.07, 6.45) is 2.45. The van der Waals surface area contributed by atoms with Crippen LogP contribution in [0.4, 0.5) is 10.8 Å². The number of hydrogen-bond donors (Lipinski definition) is 1. The maximum absolute atomic E-state index is 12.8. The summed E-state index contributed by atoms with van der Waals surface area (Å²) < 4.78 is 0. The number of carbonyl (C=O) groups is 2. The van der Waals surface area contributed by atoms with Gasteiger partial charge >= 0.3 is 0 Å². The predicted molar refractivity (Wildman–Crippen MR) is 121 cm³/mol. The van der Waals surface area contributed by atoms with E-state index < -0.39 is 0 Å². The summed E-state index contributed by atoms with van der Waals surface area (Å²) in [4.78, 5) is 34.6. The lowest BCUT2D eigenvalue weighted by molar-refractivity contribution is -0.129. The molecule has 2 aliphatic rings. The number of carbonyl (C=O) groups excluding carboxylic acids is 2. The third kappa shape index (κ3) is 4.51. The zero-order valence-electron chi connectivity index (χ0n) is 18.0. The van der Waals surface area contributed by atoms with E-state index in [0.717, 1.165) is 62.0 Å². The number of piperazine rings is 1. The molecule has 2 aromatic rings. The quantitative estimate of drug-likeness (QED) is 0.810. The van der Waals surface area contributed by atoms with Crippen molar-refractivity contribution in [1.29, 1.82) is 0 Å². The summed E-state index contributed by atoms with van der Waals surface area (Å²) in [5.74, 6) is 0.714. The highest BCUT2D eigenvalue weighted by Gasteiger charge is 2.29. The van der Waals surface area contributed by atoms with Gasteiger partial charge in [-0.15, -0.1) is 11.3 Å². The number of anilines is 2. The van der Waals surface area contributed by atoms with Crippen molar-refractivity contribution in [3.05, 3.63) is 40.4 Å². The Morgan fingerprint density at radius 2 is 1.83 bits per heavy atom. The lowest BCUT2D eigenvalue weighted by Crippen LogP contribution is -2.48. The standard InChI is InChI=1S/C23H30N4O2S/c1-15(2)17-4-7-19(8-5-17)24-22(29)18-6-9-20-21(14-18)30-23(25-20)27-12-10-26(11-13-27)16(3)28/h4-5,7-8,15,18H,6,9-14H2,1-3H3,(H,24,29). The van der Waals surface area contributed by atoms with Crippen LogP contribution in [0, 0.1) is 5.92 Å². The Hall–Kier alpha value is -2.41. The summed E-state index contributed by atoms with van der Waals surface area (Å²) in [6, 6.07) is 8.15. The Kier molecular flexibility index (Phi) is 6.09. The number of aryl methyl sites for hydroxylation is 1. The SMILES string of the molecule is CC(=O)N1CCN(c2nc3c(s2)CC(C(=O)Nc2ccc(C(C)C)cc2)CC3)CC1. The predicted octanol–water partition coefficient (Wildman–Crippen LogP) is 3.68. The van der Waals surface area contributed by atoms with E-state index in [1.165, 1.54) is 10.4 Å². The van der Waals surface area contributed by atoms with E-state index in [-0.39, 0.29) is 17.7 Å². The minimum atomic E-state index is -0.00913. The largest absolute Gasteiger partial charge is 0.345 e. The van der Waals surface area contributed by atoms with Crippen LogP contribution in [0.25, 0.3) is 0 Å². The molecule has 0 radical (unpaired) electrons. The van der Waals surface area contributed by atoms with Gasteiger partial charge in [-0.1, -0.05) is 26.0 Å². The molecule has 2 amide bonds. The van der Waals surface area contributed by atoms with E-state index >= 15 is 0 Å². The minimum Gasteiger partial charge on any atom is -0.345 e. The van der Waals surface area contributed by atoms with Gasteiger partial charge in [-0.25, -0.2) is 4.98 Å². The number of hydrogen-bond acceptors (Lipinski definition) is 5. The molecule has 160 valence electrons. The third-order valence-corrected chi connectivity index (χ3v) is 7.32. The van der Waals surface area contributed by atoms with Crippen molar-refractivity contribution in [3.63, 3.8) is 0 Å². The molecule has 1 aromatic heterocycles. The van der Waals surface area contributed by atoms with Crippen molar-refractivity contribution >= 4 is 34.0 Å². The van der Waals surface area contributed by atoms with Crippen LogP contribution in [0.3, 0.4) is 0 Å². The number of aromatic nitrogens is 1. The van der Waals surface area contributed by atoms with Crippen LogP contribution in [0.5, 0.6) is 0 Å².